The van der Waals surface area contributed by atoms with Crippen LogP contribution in [0.1, 0.15) is 65.2 Å². The molecule has 1 fully saturated rings. The summed E-state index contributed by atoms with van der Waals surface area (Å²) in [4.78, 5) is 0. The average molecular weight is 210 g/mol. The van der Waals surface area contributed by atoms with E-state index in [0.29, 0.717) is 5.92 Å². The summed E-state index contributed by atoms with van der Waals surface area (Å²) in [6.07, 6.45) is 11.9. The van der Waals surface area contributed by atoms with E-state index in [1.807, 2.05) is 0 Å². The Morgan fingerprint density at radius 1 is 1.27 bits per heavy atom. The molecular weight excluding hydrogens is 184 g/mol. The van der Waals surface area contributed by atoms with Gasteiger partial charge in [0.2, 0.25) is 0 Å². The Kier molecular flexibility index (Phi) is 6.00. The van der Waals surface area contributed by atoms with Crippen molar-refractivity contribution >= 4 is 0 Å². The Morgan fingerprint density at radius 3 is 2.73 bits per heavy atom. The minimum Gasteiger partial charge on any atom is -0.388 e. The lowest BCUT2D eigenvalue weighted by atomic mass is 9.97. The Morgan fingerprint density at radius 2 is 2.07 bits per heavy atom. The fourth-order valence-corrected chi connectivity index (χ4v) is 2.47. The Balaban J connectivity index is 2.31. The van der Waals surface area contributed by atoms with Gasteiger partial charge in [0, 0.05) is 0 Å². The van der Waals surface area contributed by atoms with E-state index in [-0.39, 0.29) is 6.10 Å². The van der Waals surface area contributed by atoms with Crippen molar-refractivity contribution in [2.75, 3.05) is 0 Å². The maximum absolute atomic E-state index is 10.1. The van der Waals surface area contributed by atoms with Crippen LogP contribution >= 0.6 is 0 Å². The van der Waals surface area contributed by atoms with Gasteiger partial charge < -0.3 is 5.11 Å². The zero-order chi connectivity index (χ0) is 11.1. The van der Waals surface area contributed by atoms with Crippen LogP contribution < -0.4 is 0 Å². The smallest absolute Gasteiger partial charge is 0.0778 e. The van der Waals surface area contributed by atoms with Gasteiger partial charge in [-0.1, -0.05) is 45.6 Å². The molecule has 0 aromatic rings. The highest BCUT2D eigenvalue weighted by atomic mass is 16.3. The van der Waals surface area contributed by atoms with Crippen molar-refractivity contribution in [1.29, 1.82) is 0 Å². The van der Waals surface area contributed by atoms with Crippen LogP contribution in [0.25, 0.3) is 0 Å². The third-order valence-electron chi connectivity index (χ3n) is 3.50. The van der Waals surface area contributed by atoms with Crippen molar-refractivity contribution in [3.05, 3.63) is 11.6 Å². The van der Waals surface area contributed by atoms with E-state index in [2.05, 4.69) is 19.9 Å². The highest BCUT2D eigenvalue weighted by Gasteiger charge is 2.28. The molecule has 1 rings (SSSR count). The fraction of sp³-hybridized carbons (Fsp3) is 0.857. The van der Waals surface area contributed by atoms with Crippen molar-refractivity contribution < 1.29 is 5.11 Å². The van der Waals surface area contributed by atoms with Gasteiger partial charge in [-0.3, -0.25) is 0 Å². The van der Waals surface area contributed by atoms with Crippen LogP contribution in [-0.4, -0.2) is 11.2 Å². The first-order valence-corrected chi connectivity index (χ1v) is 6.66. The van der Waals surface area contributed by atoms with Gasteiger partial charge in [0.1, 0.15) is 0 Å². The maximum Gasteiger partial charge on any atom is 0.0778 e. The van der Waals surface area contributed by atoms with E-state index in [1.165, 1.54) is 44.1 Å². The van der Waals surface area contributed by atoms with E-state index in [4.69, 9.17) is 0 Å². The molecule has 0 spiro atoms. The van der Waals surface area contributed by atoms with E-state index in [0.717, 1.165) is 12.8 Å². The number of allylic oxidation sites excluding steroid dienone is 1. The molecule has 1 saturated carbocycles. The van der Waals surface area contributed by atoms with Crippen LogP contribution in [0.2, 0.25) is 0 Å². The predicted octanol–water partition coefficient (Wildman–Crippen LogP) is 4.06. The summed E-state index contributed by atoms with van der Waals surface area (Å²) < 4.78 is 0. The lowest BCUT2D eigenvalue weighted by molar-refractivity contribution is 0.154. The second kappa shape index (κ2) is 7.05. The molecule has 1 aliphatic rings. The quantitative estimate of drug-likeness (QED) is 0.517. The SMILES string of the molecule is CCC/C=C1/CCC(CCCCC)C1O. The third-order valence-corrected chi connectivity index (χ3v) is 3.50. The maximum atomic E-state index is 10.1. The lowest BCUT2D eigenvalue weighted by Crippen LogP contribution is -2.14. The second-order valence-electron chi connectivity index (χ2n) is 4.81. The fourth-order valence-electron chi connectivity index (χ4n) is 2.47. The molecule has 1 aliphatic carbocycles. The first kappa shape index (κ1) is 12.8. The molecule has 2 atom stereocenters. The summed E-state index contributed by atoms with van der Waals surface area (Å²) in [6.45, 7) is 4.43. The molecular formula is C14H26O. The molecule has 0 aromatic carbocycles. The van der Waals surface area contributed by atoms with Crippen LogP contribution in [0.15, 0.2) is 11.6 Å². The van der Waals surface area contributed by atoms with Gasteiger partial charge in [0.05, 0.1) is 6.10 Å². The van der Waals surface area contributed by atoms with Gasteiger partial charge in [-0.15, -0.1) is 0 Å². The summed E-state index contributed by atoms with van der Waals surface area (Å²) in [5.41, 5.74) is 1.32. The highest BCUT2D eigenvalue weighted by molar-refractivity contribution is 5.14. The first-order valence-electron chi connectivity index (χ1n) is 6.66. The predicted molar refractivity (Wildman–Crippen MR) is 65.9 cm³/mol. The Hall–Kier alpha value is -0.300. The topological polar surface area (TPSA) is 20.2 Å². The van der Waals surface area contributed by atoms with Crippen molar-refractivity contribution in [3.63, 3.8) is 0 Å². The lowest BCUT2D eigenvalue weighted by Gasteiger charge is -2.14. The van der Waals surface area contributed by atoms with Gasteiger partial charge in [-0.05, 0) is 37.2 Å². The monoisotopic (exact) mass is 210 g/mol. The van der Waals surface area contributed by atoms with Gasteiger partial charge in [0.15, 0.2) is 0 Å². The molecule has 15 heavy (non-hydrogen) atoms. The van der Waals surface area contributed by atoms with E-state index in [9.17, 15) is 5.11 Å². The molecule has 1 nitrogen and oxygen atoms in total. The van der Waals surface area contributed by atoms with E-state index in [1.54, 1.807) is 0 Å². The van der Waals surface area contributed by atoms with Gasteiger partial charge in [-0.25, -0.2) is 0 Å². The van der Waals surface area contributed by atoms with Crippen molar-refractivity contribution in [3.8, 4) is 0 Å². The van der Waals surface area contributed by atoms with E-state index >= 15 is 0 Å². The first-order chi connectivity index (χ1) is 7.29. The molecule has 1 N–H and O–H groups in total. The number of unbranched alkanes of at least 4 members (excludes halogenated alkanes) is 3. The van der Waals surface area contributed by atoms with Gasteiger partial charge in [-0.2, -0.15) is 0 Å². The van der Waals surface area contributed by atoms with E-state index < -0.39 is 0 Å². The molecule has 88 valence electrons. The molecule has 0 heterocycles. The van der Waals surface area contributed by atoms with Crippen LogP contribution in [0, 0.1) is 5.92 Å². The normalized spacial score (nSPS) is 28.9. The molecule has 0 radical (unpaired) electrons. The van der Waals surface area contributed by atoms with Crippen molar-refractivity contribution in [2.24, 2.45) is 5.92 Å². The van der Waals surface area contributed by atoms with Crippen molar-refractivity contribution in [1.82, 2.24) is 0 Å². The summed E-state index contributed by atoms with van der Waals surface area (Å²) in [5.74, 6) is 0.555. The standard InChI is InChI=1S/C14H26O/c1-3-5-7-9-13-11-10-12(14(13)15)8-6-4-2/h8,13-15H,3-7,9-11H2,1-2H3/b12-8-. The molecule has 0 saturated heterocycles. The molecule has 0 aromatic heterocycles. The van der Waals surface area contributed by atoms with Crippen molar-refractivity contribution in [2.45, 2.75) is 71.3 Å². The average Bonchev–Trinajstić information content (AvgIpc) is 2.58. The Bertz CT molecular complexity index is 196. The summed E-state index contributed by atoms with van der Waals surface area (Å²) in [7, 11) is 0. The molecule has 0 amide bonds. The zero-order valence-electron chi connectivity index (χ0n) is 10.3. The molecule has 0 bridgehead atoms. The number of hydrogen-bond donors (Lipinski definition) is 1. The second-order valence-corrected chi connectivity index (χ2v) is 4.81. The van der Waals surface area contributed by atoms with Crippen LogP contribution in [0.5, 0.6) is 0 Å². The summed E-state index contributed by atoms with van der Waals surface area (Å²) >= 11 is 0. The number of aliphatic hydroxyl groups excluding tert-OH is 1. The Labute approximate surface area is 94.6 Å². The van der Waals surface area contributed by atoms with Gasteiger partial charge in [0.25, 0.3) is 0 Å². The third kappa shape index (κ3) is 3.98. The molecule has 1 heteroatoms. The molecule has 0 aliphatic heterocycles. The zero-order valence-corrected chi connectivity index (χ0v) is 10.3. The van der Waals surface area contributed by atoms with Crippen LogP contribution in [0.3, 0.4) is 0 Å². The highest BCUT2D eigenvalue weighted by Crippen LogP contribution is 2.34. The number of rotatable bonds is 6. The summed E-state index contributed by atoms with van der Waals surface area (Å²) in [5, 5.41) is 10.1. The van der Waals surface area contributed by atoms with Crippen LogP contribution in [-0.2, 0) is 0 Å². The minimum atomic E-state index is -0.117. The number of aliphatic hydroxyl groups is 1. The largest absolute Gasteiger partial charge is 0.388 e. The number of hydrogen-bond acceptors (Lipinski definition) is 1. The van der Waals surface area contributed by atoms with Gasteiger partial charge >= 0.3 is 0 Å². The summed E-state index contributed by atoms with van der Waals surface area (Å²) in [6, 6.07) is 0. The molecule has 2 unspecified atom stereocenters. The van der Waals surface area contributed by atoms with Crippen LogP contribution in [0.4, 0.5) is 0 Å². The minimum absolute atomic E-state index is 0.117.